The van der Waals surface area contributed by atoms with Gasteiger partial charge in [0, 0.05) is 22.5 Å². The molecule has 7 heteroatoms. The van der Waals surface area contributed by atoms with E-state index in [-0.39, 0.29) is 11.8 Å². The van der Waals surface area contributed by atoms with Crippen molar-refractivity contribution in [2.45, 2.75) is 26.8 Å². The van der Waals surface area contributed by atoms with E-state index < -0.39 is 23.7 Å². The lowest BCUT2D eigenvalue weighted by Gasteiger charge is -2.22. The Morgan fingerprint density at radius 3 is 2.00 bits per heavy atom. The fraction of sp³-hybridized carbons (Fsp3) is 0.192. The Labute approximate surface area is 192 Å². The van der Waals surface area contributed by atoms with Crippen molar-refractivity contribution in [3.63, 3.8) is 0 Å². The molecule has 1 atom stereocenters. The quantitative estimate of drug-likeness (QED) is 0.487. The van der Waals surface area contributed by atoms with Gasteiger partial charge in [0.25, 0.3) is 11.8 Å². The number of rotatable bonds is 7. The summed E-state index contributed by atoms with van der Waals surface area (Å²) in [6, 6.07) is 18.3. The monoisotopic (exact) mass is 447 g/mol. The van der Waals surface area contributed by atoms with Gasteiger partial charge in [0.2, 0.25) is 5.91 Å². The number of hydrogen-bond donors (Lipinski definition) is 3. The molecule has 0 saturated heterocycles. The Morgan fingerprint density at radius 1 is 0.758 bits per heavy atom. The maximum absolute atomic E-state index is 13.4. The number of aryl methyl sites for hydroxylation is 1. The highest BCUT2D eigenvalue weighted by atomic mass is 19.1. The zero-order valence-corrected chi connectivity index (χ0v) is 18.7. The van der Waals surface area contributed by atoms with E-state index in [0.29, 0.717) is 22.5 Å². The van der Waals surface area contributed by atoms with Crippen LogP contribution in [0.2, 0.25) is 0 Å². The zero-order valence-electron chi connectivity index (χ0n) is 18.7. The average molecular weight is 448 g/mol. The molecule has 0 aliphatic rings. The van der Waals surface area contributed by atoms with Crippen molar-refractivity contribution < 1.29 is 18.8 Å². The molecule has 3 aromatic carbocycles. The van der Waals surface area contributed by atoms with E-state index in [1.54, 1.807) is 42.5 Å². The molecule has 0 aromatic heterocycles. The van der Waals surface area contributed by atoms with Gasteiger partial charge in [0.15, 0.2) is 0 Å². The van der Waals surface area contributed by atoms with Crippen LogP contribution in [0.4, 0.5) is 15.8 Å². The molecular formula is C26H26FN3O3. The summed E-state index contributed by atoms with van der Waals surface area (Å²) in [4.78, 5) is 38.1. The molecule has 170 valence electrons. The minimum Gasteiger partial charge on any atom is -0.340 e. The van der Waals surface area contributed by atoms with Gasteiger partial charge < -0.3 is 16.0 Å². The molecule has 3 aromatic rings. The number of halogens is 1. The topological polar surface area (TPSA) is 87.3 Å². The third-order valence-corrected chi connectivity index (χ3v) is 4.99. The Kier molecular flexibility index (Phi) is 7.56. The number of benzene rings is 3. The van der Waals surface area contributed by atoms with E-state index in [1.807, 2.05) is 26.8 Å². The van der Waals surface area contributed by atoms with E-state index in [2.05, 4.69) is 16.0 Å². The fourth-order valence-electron chi connectivity index (χ4n) is 3.27. The molecule has 0 saturated carbocycles. The highest BCUT2D eigenvalue weighted by molar-refractivity contribution is 6.06. The number of carbonyl (C=O) groups is 3. The largest absolute Gasteiger partial charge is 0.340 e. The summed E-state index contributed by atoms with van der Waals surface area (Å²) < 4.78 is 13.4. The maximum atomic E-state index is 13.4. The summed E-state index contributed by atoms with van der Waals surface area (Å²) in [5.41, 5.74) is 2.45. The van der Waals surface area contributed by atoms with Crippen LogP contribution >= 0.6 is 0 Å². The van der Waals surface area contributed by atoms with Gasteiger partial charge in [-0.05, 0) is 61.4 Å². The second kappa shape index (κ2) is 10.5. The molecule has 33 heavy (non-hydrogen) atoms. The molecular weight excluding hydrogens is 421 g/mol. The molecule has 0 aliphatic heterocycles. The van der Waals surface area contributed by atoms with Crippen molar-refractivity contribution in [1.29, 1.82) is 0 Å². The molecule has 3 rings (SSSR count). The maximum Gasteiger partial charge on any atom is 0.255 e. The molecule has 6 nitrogen and oxygen atoms in total. The first-order chi connectivity index (χ1) is 15.7. The number of anilines is 2. The predicted octanol–water partition coefficient (Wildman–Crippen LogP) is 4.78. The lowest BCUT2D eigenvalue weighted by Crippen LogP contribution is -2.47. The van der Waals surface area contributed by atoms with Crippen molar-refractivity contribution in [3.8, 4) is 0 Å². The van der Waals surface area contributed by atoms with Crippen LogP contribution in [0.15, 0.2) is 72.8 Å². The van der Waals surface area contributed by atoms with Gasteiger partial charge in [-0.15, -0.1) is 0 Å². The number of hydrogen-bond acceptors (Lipinski definition) is 3. The van der Waals surface area contributed by atoms with Crippen molar-refractivity contribution in [1.82, 2.24) is 5.32 Å². The van der Waals surface area contributed by atoms with Crippen LogP contribution in [0, 0.1) is 18.7 Å². The molecule has 0 bridgehead atoms. The smallest absolute Gasteiger partial charge is 0.255 e. The Bertz CT molecular complexity index is 1180. The van der Waals surface area contributed by atoms with Crippen molar-refractivity contribution in [2.24, 2.45) is 5.92 Å². The van der Waals surface area contributed by atoms with Gasteiger partial charge in [0.1, 0.15) is 11.9 Å². The standard InChI is InChI=1S/C26H26FN3O3/c1-16(2)23(30-25(32)18-8-4-7-17(3)13-18)26(33)29-21-11-5-9-19(14-21)24(31)28-22-12-6-10-20(27)15-22/h4-16,23H,1-3H3,(H,28,31)(H,29,33)(H,30,32). The Morgan fingerprint density at radius 2 is 1.36 bits per heavy atom. The zero-order chi connectivity index (χ0) is 24.0. The molecule has 0 aliphatic carbocycles. The highest BCUT2D eigenvalue weighted by Gasteiger charge is 2.25. The lowest BCUT2D eigenvalue weighted by atomic mass is 10.0. The van der Waals surface area contributed by atoms with Crippen molar-refractivity contribution >= 4 is 29.1 Å². The minimum atomic E-state index is -0.775. The number of nitrogens with one attached hydrogen (secondary N) is 3. The van der Waals surface area contributed by atoms with Gasteiger partial charge in [-0.2, -0.15) is 0 Å². The summed E-state index contributed by atoms with van der Waals surface area (Å²) in [5.74, 6) is -1.80. The SMILES string of the molecule is Cc1cccc(C(=O)NC(C(=O)Nc2cccc(C(=O)Nc3cccc(F)c3)c2)C(C)C)c1. The van der Waals surface area contributed by atoms with Crippen molar-refractivity contribution in [3.05, 3.63) is 95.3 Å². The molecule has 0 spiro atoms. The average Bonchev–Trinajstić information content (AvgIpc) is 2.77. The molecule has 0 fully saturated rings. The van der Waals surface area contributed by atoms with Crippen LogP contribution < -0.4 is 16.0 Å². The molecule has 3 amide bonds. The van der Waals surface area contributed by atoms with Crippen molar-refractivity contribution in [2.75, 3.05) is 10.6 Å². The van der Waals surface area contributed by atoms with Crippen LogP contribution in [0.3, 0.4) is 0 Å². The Hall–Kier alpha value is -4.00. The number of amides is 3. The van der Waals surface area contributed by atoms with E-state index in [4.69, 9.17) is 0 Å². The van der Waals surface area contributed by atoms with E-state index in [9.17, 15) is 18.8 Å². The minimum absolute atomic E-state index is 0.168. The highest BCUT2D eigenvalue weighted by Crippen LogP contribution is 2.16. The van der Waals surface area contributed by atoms with E-state index in [0.717, 1.165) is 5.56 Å². The predicted molar refractivity (Wildman–Crippen MR) is 127 cm³/mol. The summed E-state index contributed by atoms with van der Waals surface area (Å²) in [6.45, 7) is 5.56. The summed E-state index contributed by atoms with van der Waals surface area (Å²) in [7, 11) is 0. The van der Waals surface area contributed by atoms with E-state index >= 15 is 0 Å². The third-order valence-electron chi connectivity index (χ3n) is 4.99. The first kappa shape index (κ1) is 23.7. The van der Waals surface area contributed by atoms with Gasteiger partial charge in [-0.3, -0.25) is 14.4 Å². The lowest BCUT2D eigenvalue weighted by molar-refractivity contribution is -0.118. The first-order valence-electron chi connectivity index (χ1n) is 10.6. The summed E-state index contributed by atoms with van der Waals surface area (Å²) in [6.07, 6.45) is 0. The second-order valence-electron chi connectivity index (χ2n) is 8.10. The molecule has 0 radical (unpaired) electrons. The summed E-state index contributed by atoms with van der Waals surface area (Å²) in [5, 5.41) is 8.18. The van der Waals surface area contributed by atoms with E-state index in [1.165, 1.54) is 24.3 Å². The number of carbonyl (C=O) groups excluding carboxylic acids is 3. The first-order valence-corrected chi connectivity index (χ1v) is 10.6. The normalized spacial score (nSPS) is 11.5. The second-order valence-corrected chi connectivity index (χ2v) is 8.10. The molecule has 3 N–H and O–H groups in total. The van der Waals surface area contributed by atoms with Crippen LogP contribution in [0.1, 0.15) is 40.1 Å². The van der Waals surface area contributed by atoms with Crippen LogP contribution in [-0.4, -0.2) is 23.8 Å². The van der Waals surface area contributed by atoms with Gasteiger partial charge in [-0.25, -0.2) is 4.39 Å². The molecule has 0 heterocycles. The molecule has 1 unspecified atom stereocenters. The van der Waals surface area contributed by atoms with Crippen LogP contribution in [0.5, 0.6) is 0 Å². The van der Waals surface area contributed by atoms with Gasteiger partial charge in [-0.1, -0.05) is 43.7 Å². The van der Waals surface area contributed by atoms with Crippen LogP contribution in [0.25, 0.3) is 0 Å². The fourth-order valence-corrected chi connectivity index (χ4v) is 3.27. The van der Waals surface area contributed by atoms with Gasteiger partial charge in [0.05, 0.1) is 0 Å². The third kappa shape index (κ3) is 6.49. The Balaban J connectivity index is 1.70. The van der Waals surface area contributed by atoms with Gasteiger partial charge >= 0.3 is 0 Å². The summed E-state index contributed by atoms with van der Waals surface area (Å²) >= 11 is 0. The van der Waals surface area contributed by atoms with Crippen LogP contribution in [-0.2, 0) is 4.79 Å².